The summed E-state index contributed by atoms with van der Waals surface area (Å²) in [5, 5.41) is 9.12. The van der Waals surface area contributed by atoms with Gasteiger partial charge < -0.3 is 10.6 Å². The van der Waals surface area contributed by atoms with E-state index in [1.54, 1.807) is 0 Å². The molecule has 3 nitrogen and oxygen atoms in total. The van der Waals surface area contributed by atoms with Gasteiger partial charge in [0, 0.05) is 17.1 Å². The van der Waals surface area contributed by atoms with E-state index < -0.39 is 0 Å². The third-order valence-corrected chi connectivity index (χ3v) is 6.84. The van der Waals surface area contributed by atoms with Crippen molar-refractivity contribution < 1.29 is 0 Å². The first-order valence-corrected chi connectivity index (χ1v) is 10.9. The van der Waals surface area contributed by atoms with Crippen LogP contribution in [-0.4, -0.2) is 30.7 Å². The van der Waals surface area contributed by atoms with Gasteiger partial charge in [0.25, 0.3) is 0 Å². The highest BCUT2D eigenvalue weighted by Crippen LogP contribution is 2.31. The van der Waals surface area contributed by atoms with Crippen molar-refractivity contribution in [1.29, 1.82) is 0 Å². The number of fused-ring (bicyclic) bond motifs is 1. The van der Waals surface area contributed by atoms with E-state index in [1.807, 2.05) is 6.20 Å². The molecule has 2 N–H and O–H groups in total. The van der Waals surface area contributed by atoms with Gasteiger partial charge in [0.1, 0.15) is 0 Å². The van der Waals surface area contributed by atoms with Gasteiger partial charge in [-0.3, -0.25) is 4.98 Å². The predicted molar refractivity (Wildman–Crippen MR) is 117 cm³/mol. The van der Waals surface area contributed by atoms with E-state index >= 15 is 0 Å². The monoisotopic (exact) mass is 387 g/mol. The molecule has 1 aromatic heterocycles. The van der Waals surface area contributed by atoms with E-state index in [4.69, 9.17) is 11.6 Å². The largest absolute Gasteiger partial charge is 0.316 e. The molecule has 3 rings (SSSR count). The van der Waals surface area contributed by atoms with E-state index in [2.05, 4.69) is 54.7 Å². The molecular weight excluding hydrogens is 354 g/mol. The summed E-state index contributed by atoms with van der Waals surface area (Å²) in [6, 6.07) is 6.41. The van der Waals surface area contributed by atoms with Gasteiger partial charge in [0.15, 0.2) is 0 Å². The molecule has 0 radical (unpaired) electrons. The molecule has 1 aromatic carbocycles. The summed E-state index contributed by atoms with van der Waals surface area (Å²) >= 11 is 6.68. The van der Waals surface area contributed by atoms with Gasteiger partial charge in [-0.25, -0.2) is 0 Å². The van der Waals surface area contributed by atoms with Crippen LogP contribution in [0.4, 0.5) is 0 Å². The number of nitrogens with zero attached hydrogens (tertiary/aromatic N) is 1. The second kappa shape index (κ2) is 9.36. The Morgan fingerprint density at radius 3 is 2.74 bits per heavy atom. The minimum Gasteiger partial charge on any atom is -0.316 e. The van der Waals surface area contributed by atoms with Gasteiger partial charge in [0.2, 0.25) is 0 Å². The molecule has 1 aliphatic rings. The Balaban J connectivity index is 1.45. The van der Waals surface area contributed by atoms with Crippen molar-refractivity contribution >= 4 is 22.5 Å². The molecule has 0 amide bonds. The van der Waals surface area contributed by atoms with Gasteiger partial charge in [-0.15, -0.1) is 0 Å². The van der Waals surface area contributed by atoms with Crippen molar-refractivity contribution in [3.05, 3.63) is 40.5 Å². The standard InChI is InChI=1S/C23H34ClN3/c1-4-17-7-8-21-20(14-17)22(24)19(16-27-21)6-5-13-26-15-18-9-11-23(2,25-3)12-10-18/h7-8,14,16,18,25-26H,4-6,9-13,15H2,1-3H3. The molecule has 1 aliphatic carbocycles. The van der Waals surface area contributed by atoms with Crippen molar-refractivity contribution in [2.24, 2.45) is 5.92 Å². The first-order chi connectivity index (χ1) is 13.0. The Kier molecular flexibility index (Phi) is 7.13. The third-order valence-electron chi connectivity index (χ3n) is 6.39. The number of nitrogens with one attached hydrogen (secondary N) is 2. The van der Waals surface area contributed by atoms with Crippen LogP contribution in [0.2, 0.25) is 5.02 Å². The third kappa shape index (κ3) is 5.22. The van der Waals surface area contributed by atoms with E-state index in [-0.39, 0.29) is 0 Å². The van der Waals surface area contributed by atoms with Gasteiger partial charge in [-0.1, -0.05) is 24.6 Å². The summed E-state index contributed by atoms with van der Waals surface area (Å²) < 4.78 is 0. The summed E-state index contributed by atoms with van der Waals surface area (Å²) in [7, 11) is 2.09. The molecule has 2 aromatic rings. The molecule has 0 saturated heterocycles. The van der Waals surface area contributed by atoms with Crippen LogP contribution in [0.3, 0.4) is 0 Å². The van der Waals surface area contributed by atoms with Crippen LogP contribution >= 0.6 is 11.6 Å². The van der Waals surface area contributed by atoms with Crippen molar-refractivity contribution in [3.8, 4) is 0 Å². The van der Waals surface area contributed by atoms with Gasteiger partial charge in [0.05, 0.1) is 10.5 Å². The van der Waals surface area contributed by atoms with Crippen LogP contribution < -0.4 is 10.6 Å². The summed E-state index contributed by atoms with van der Waals surface area (Å²) in [6.45, 7) is 6.71. The number of rotatable bonds is 8. The Bertz CT molecular complexity index is 751. The normalized spacial score (nSPS) is 23.0. The molecule has 0 unspecified atom stereocenters. The summed E-state index contributed by atoms with van der Waals surface area (Å²) in [4.78, 5) is 4.60. The number of aromatic nitrogens is 1. The first-order valence-electron chi connectivity index (χ1n) is 10.5. The Labute approximate surface area is 169 Å². The van der Waals surface area contributed by atoms with Gasteiger partial charge in [-0.2, -0.15) is 0 Å². The Morgan fingerprint density at radius 2 is 2.04 bits per heavy atom. The molecule has 0 atom stereocenters. The van der Waals surface area contributed by atoms with E-state index in [0.717, 1.165) is 54.2 Å². The molecule has 27 heavy (non-hydrogen) atoms. The number of pyridine rings is 1. The van der Waals surface area contributed by atoms with Gasteiger partial charge >= 0.3 is 0 Å². The fourth-order valence-electron chi connectivity index (χ4n) is 4.12. The van der Waals surface area contributed by atoms with E-state index in [9.17, 15) is 0 Å². The summed E-state index contributed by atoms with van der Waals surface area (Å²) in [5.74, 6) is 0.824. The minimum atomic E-state index is 0.355. The average Bonchev–Trinajstić information content (AvgIpc) is 2.70. The SMILES string of the molecule is CCc1ccc2ncc(CCCNCC3CCC(C)(NC)CC3)c(Cl)c2c1. The lowest BCUT2D eigenvalue weighted by Gasteiger charge is -2.37. The fourth-order valence-corrected chi connectivity index (χ4v) is 4.42. The van der Waals surface area contributed by atoms with Crippen molar-refractivity contribution in [1.82, 2.24) is 15.6 Å². The number of benzene rings is 1. The minimum absolute atomic E-state index is 0.355. The van der Waals surface area contributed by atoms with Crippen LogP contribution in [0.15, 0.2) is 24.4 Å². The molecule has 1 fully saturated rings. The van der Waals surface area contributed by atoms with Gasteiger partial charge in [-0.05, 0) is 101 Å². The van der Waals surface area contributed by atoms with E-state index in [0.29, 0.717) is 5.54 Å². The lowest BCUT2D eigenvalue weighted by atomic mass is 9.78. The average molecular weight is 388 g/mol. The zero-order valence-electron chi connectivity index (χ0n) is 17.1. The zero-order chi connectivity index (χ0) is 19.3. The maximum Gasteiger partial charge on any atom is 0.0717 e. The second-order valence-electron chi connectivity index (χ2n) is 8.36. The first kappa shape index (κ1) is 20.6. The van der Waals surface area contributed by atoms with Crippen LogP contribution in [0.1, 0.15) is 57.1 Å². The molecule has 148 valence electrons. The number of aryl methyl sites for hydroxylation is 2. The molecule has 0 aliphatic heterocycles. The number of hydrogen-bond acceptors (Lipinski definition) is 3. The van der Waals surface area contributed by atoms with E-state index in [1.165, 1.54) is 36.8 Å². The summed E-state index contributed by atoms with van der Waals surface area (Å²) in [6.07, 6.45) is 10.3. The second-order valence-corrected chi connectivity index (χ2v) is 8.74. The fraction of sp³-hybridized carbons (Fsp3) is 0.609. The molecule has 0 bridgehead atoms. The maximum absolute atomic E-state index is 6.68. The highest BCUT2D eigenvalue weighted by atomic mass is 35.5. The summed E-state index contributed by atoms with van der Waals surface area (Å²) in [5.41, 5.74) is 3.83. The van der Waals surface area contributed by atoms with Crippen LogP contribution in [0, 0.1) is 5.92 Å². The Hall–Kier alpha value is -1.16. The number of halogens is 1. The smallest absolute Gasteiger partial charge is 0.0717 e. The van der Waals surface area contributed by atoms with Crippen LogP contribution in [0.5, 0.6) is 0 Å². The highest BCUT2D eigenvalue weighted by Gasteiger charge is 2.28. The molecule has 0 spiro atoms. The lowest BCUT2D eigenvalue weighted by Crippen LogP contribution is -2.44. The van der Waals surface area contributed by atoms with Crippen LogP contribution in [-0.2, 0) is 12.8 Å². The zero-order valence-corrected chi connectivity index (χ0v) is 17.8. The van der Waals surface area contributed by atoms with Crippen molar-refractivity contribution in [3.63, 3.8) is 0 Å². The van der Waals surface area contributed by atoms with Crippen LogP contribution in [0.25, 0.3) is 10.9 Å². The molecular formula is C23H34ClN3. The highest BCUT2D eigenvalue weighted by molar-refractivity contribution is 6.36. The molecule has 4 heteroatoms. The Morgan fingerprint density at radius 1 is 1.26 bits per heavy atom. The van der Waals surface area contributed by atoms with Crippen molar-refractivity contribution in [2.45, 2.75) is 64.3 Å². The lowest BCUT2D eigenvalue weighted by molar-refractivity contribution is 0.213. The maximum atomic E-state index is 6.68. The predicted octanol–water partition coefficient (Wildman–Crippen LogP) is 5.14. The molecule has 1 saturated carbocycles. The quantitative estimate of drug-likeness (QED) is 0.615. The number of hydrogen-bond donors (Lipinski definition) is 2. The van der Waals surface area contributed by atoms with Crippen molar-refractivity contribution in [2.75, 3.05) is 20.1 Å². The molecule has 1 heterocycles. The topological polar surface area (TPSA) is 37.0 Å².